The molecule has 4 rings (SSSR count). The highest BCUT2D eigenvalue weighted by atomic mass is 16.2. The average Bonchev–Trinajstić information content (AvgIpc) is 3.35. The van der Waals surface area contributed by atoms with Crippen LogP contribution in [0, 0.1) is 0 Å². The van der Waals surface area contributed by atoms with E-state index < -0.39 is 0 Å². The molecule has 2 fully saturated rings. The number of carbonyl (C=O) groups excluding carboxylic acids is 1. The van der Waals surface area contributed by atoms with Crippen molar-refractivity contribution in [3.05, 3.63) is 24.3 Å². The summed E-state index contributed by atoms with van der Waals surface area (Å²) in [5, 5.41) is 3.12. The normalized spacial score (nSPS) is 20.8. The van der Waals surface area contributed by atoms with Crippen molar-refractivity contribution in [1.29, 1.82) is 0 Å². The number of amides is 1. The van der Waals surface area contributed by atoms with Crippen LogP contribution in [0.1, 0.15) is 26.2 Å². The lowest BCUT2D eigenvalue weighted by Gasteiger charge is -2.26. The molecule has 1 aromatic carbocycles. The second kappa shape index (κ2) is 6.43. The maximum absolute atomic E-state index is 12.3. The van der Waals surface area contributed by atoms with E-state index in [0.29, 0.717) is 6.04 Å². The SMILES string of the molecule is C[C@H](C(=O)NC1CC1)N1CCCN(c2nc3ccccc3[nH]2)CC1. The van der Waals surface area contributed by atoms with Crippen molar-refractivity contribution in [1.82, 2.24) is 20.2 Å². The molecular weight excluding hydrogens is 302 g/mol. The Bertz CT molecular complexity index is 690. The zero-order valence-electron chi connectivity index (χ0n) is 14.2. The maximum atomic E-state index is 12.3. The van der Waals surface area contributed by atoms with Gasteiger partial charge in [-0.25, -0.2) is 4.98 Å². The first-order valence-corrected chi connectivity index (χ1v) is 8.95. The average molecular weight is 327 g/mol. The van der Waals surface area contributed by atoms with Crippen LogP contribution in [0.5, 0.6) is 0 Å². The molecule has 24 heavy (non-hydrogen) atoms. The summed E-state index contributed by atoms with van der Waals surface area (Å²) in [6.45, 7) is 5.72. The molecule has 6 nitrogen and oxygen atoms in total. The number of benzene rings is 1. The summed E-state index contributed by atoms with van der Waals surface area (Å²) in [6.07, 6.45) is 3.31. The van der Waals surface area contributed by atoms with E-state index in [0.717, 1.165) is 62.4 Å². The third kappa shape index (κ3) is 3.24. The van der Waals surface area contributed by atoms with E-state index in [4.69, 9.17) is 4.98 Å². The number of fused-ring (bicyclic) bond motifs is 1. The van der Waals surface area contributed by atoms with Crippen molar-refractivity contribution in [2.45, 2.75) is 38.3 Å². The first kappa shape index (κ1) is 15.4. The lowest BCUT2D eigenvalue weighted by Crippen LogP contribution is -2.47. The summed E-state index contributed by atoms with van der Waals surface area (Å²) in [4.78, 5) is 25.0. The van der Waals surface area contributed by atoms with Gasteiger partial charge in [-0.05, 0) is 38.3 Å². The fourth-order valence-corrected chi connectivity index (χ4v) is 3.34. The Morgan fingerprint density at radius 2 is 2.08 bits per heavy atom. The number of hydrogen-bond acceptors (Lipinski definition) is 4. The highest BCUT2D eigenvalue weighted by Crippen LogP contribution is 2.21. The number of para-hydroxylation sites is 2. The quantitative estimate of drug-likeness (QED) is 0.898. The van der Waals surface area contributed by atoms with E-state index >= 15 is 0 Å². The van der Waals surface area contributed by atoms with Gasteiger partial charge in [0, 0.05) is 32.2 Å². The summed E-state index contributed by atoms with van der Waals surface area (Å²) in [5.74, 6) is 1.11. The van der Waals surface area contributed by atoms with Crippen molar-refractivity contribution >= 4 is 22.9 Å². The molecule has 1 aliphatic carbocycles. The van der Waals surface area contributed by atoms with E-state index in [9.17, 15) is 4.79 Å². The van der Waals surface area contributed by atoms with Crippen molar-refractivity contribution in [3.63, 3.8) is 0 Å². The van der Waals surface area contributed by atoms with Crippen molar-refractivity contribution in [3.8, 4) is 0 Å². The molecule has 0 radical (unpaired) electrons. The molecule has 0 unspecified atom stereocenters. The van der Waals surface area contributed by atoms with E-state index in [-0.39, 0.29) is 11.9 Å². The second-order valence-corrected chi connectivity index (χ2v) is 6.91. The highest BCUT2D eigenvalue weighted by Gasteiger charge is 2.29. The third-order valence-electron chi connectivity index (χ3n) is 5.06. The van der Waals surface area contributed by atoms with Gasteiger partial charge in [0.05, 0.1) is 17.1 Å². The Labute approximate surface area is 142 Å². The zero-order chi connectivity index (χ0) is 16.5. The lowest BCUT2D eigenvalue weighted by molar-refractivity contribution is -0.125. The molecule has 6 heteroatoms. The smallest absolute Gasteiger partial charge is 0.237 e. The van der Waals surface area contributed by atoms with E-state index in [1.165, 1.54) is 0 Å². The van der Waals surface area contributed by atoms with Gasteiger partial charge in [0.15, 0.2) is 0 Å². The van der Waals surface area contributed by atoms with Crippen LogP contribution in [0.2, 0.25) is 0 Å². The zero-order valence-corrected chi connectivity index (χ0v) is 14.2. The molecule has 128 valence electrons. The predicted molar refractivity (Wildman–Crippen MR) is 95.1 cm³/mol. The molecule has 0 bridgehead atoms. The van der Waals surface area contributed by atoms with Crippen LogP contribution in [0.25, 0.3) is 11.0 Å². The number of carbonyl (C=O) groups is 1. The number of aromatic amines is 1. The van der Waals surface area contributed by atoms with Gasteiger partial charge >= 0.3 is 0 Å². The number of rotatable bonds is 4. The minimum Gasteiger partial charge on any atom is -0.352 e. The van der Waals surface area contributed by atoms with E-state index in [1.54, 1.807) is 0 Å². The Kier molecular flexibility index (Phi) is 4.14. The van der Waals surface area contributed by atoms with Crippen molar-refractivity contribution in [2.24, 2.45) is 0 Å². The topological polar surface area (TPSA) is 64.3 Å². The molecule has 2 aromatic rings. The molecule has 0 spiro atoms. The Balaban J connectivity index is 1.40. The molecule has 1 saturated heterocycles. The van der Waals surface area contributed by atoms with Crippen LogP contribution in [-0.2, 0) is 4.79 Å². The lowest BCUT2D eigenvalue weighted by atomic mass is 10.2. The standard InChI is InChI=1S/C18H25N5O/c1-13(17(24)19-14-7-8-14)22-9-4-10-23(12-11-22)18-20-15-5-2-3-6-16(15)21-18/h2-3,5-6,13-14H,4,7-12H2,1H3,(H,19,24)(H,20,21)/t13-/m1/s1. The molecule has 2 aliphatic rings. The number of anilines is 1. The molecule has 1 aromatic heterocycles. The van der Waals surface area contributed by atoms with Crippen molar-refractivity contribution in [2.75, 3.05) is 31.1 Å². The van der Waals surface area contributed by atoms with Crippen LogP contribution >= 0.6 is 0 Å². The van der Waals surface area contributed by atoms with Gasteiger partial charge in [-0.3, -0.25) is 9.69 Å². The largest absolute Gasteiger partial charge is 0.352 e. The second-order valence-electron chi connectivity index (χ2n) is 6.91. The van der Waals surface area contributed by atoms with Crippen LogP contribution in [0.15, 0.2) is 24.3 Å². The fourth-order valence-electron chi connectivity index (χ4n) is 3.34. The Hall–Kier alpha value is -2.08. The van der Waals surface area contributed by atoms with Gasteiger partial charge in [0.25, 0.3) is 0 Å². The van der Waals surface area contributed by atoms with Crippen LogP contribution < -0.4 is 10.2 Å². The first-order valence-electron chi connectivity index (χ1n) is 8.95. The maximum Gasteiger partial charge on any atom is 0.237 e. The first-order chi connectivity index (χ1) is 11.7. The van der Waals surface area contributed by atoms with E-state index in [2.05, 4.69) is 26.2 Å². The molecule has 1 aliphatic heterocycles. The number of H-pyrrole nitrogens is 1. The molecule has 1 amide bonds. The Morgan fingerprint density at radius 1 is 1.25 bits per heavy atom. The number of aromatic nitrogens is 2. The summed E-state index contributed by atoms with van der Waals surface area (Å²) in [6, 6.07) is 8.50. The molecule has 2 heterocycles. The Morgan fingerprint density at radius 3 is 2.88 bits per heavy atom. The molecular formula is C18H25N5O. The minimum absolute atomic E-state index is 0.0544. The summed E-state index contributed by atoms with van der Waals surface area (Å²) < 4.78 is 0. The predicted octanol–water partition coefficient (Wildman–Crippen LogP) is 1.74. The summed E-state index contributed by atoms with van der Waals surface area (Å²) in [5.41, 5.74) is 2.08. The number of nitrogens with one attached hydrogen (secondary N) is 2. The molecule has 1 saturated carbocycles. The molecule has 2 N–H and O–H groups in total. The van der Waals surface area contributed by atoms with Crippen LogP contribution in [0.4, 0.5) is 5.95 Å². The monoisotopic (exact) mass is 327 g/mol. The van der Waals surface area contributed by atoms with Gasteiger partial charge in [0.1, 0.15) is 0 Å². The van der Waals surface area contributed by atoms with Gasteiger partial charge < -0.3 is 15.2 Å². The van der Waals surface area contributed by atoms with Crippen molar-refractivity contribution < 1.29 is 4.79 Å². The summed E-state index contributed by atoms with van der Waals surface area (Å²) in [7, 11) is 0. The molecule has 1 atom stereocenters. The van der Waals surface area contributed by atoms with Gasteiger partial charge in [0.2, 0.25) is 11.9 Å². The van der Waals surface area contributed by atoms with Gasteiger partial charge in [-0.1, -0.05) is 12.1 Å². The number of imidazole rings is 1. The number of hydrogen-bond donors (Lipinski definition) is 2. The van der Waals surface area contributed by atoms with Crippen LogP contribution in [-0.4, -0.2) is 59.0 Å². The van der Waals surface area contributed by atoms with Gasteiger partial charge in [-0.15, -0.1) is 0 Å². The number of nitrogens with zero attached hydrogens (tertiary/aromatic N) is 3. The van der Waals surface area contributed by atoms with E-state index in [1.807, 2.05) is 25.1 Å². The fraction of sp³-hybridized carbons (Fsp3) is 0.556. The highest BCUT2D eigenvalue weighted by molar-refractivity contribution is 5.82. The third-order valence-corrected chi connectivity index (χ3v) is 5.06. The van der Waals surface area contributed by atoms with Gasteiger partial charge in [-0.2, -0.15) is 0 Å². The summed E-state index contributed by atoms with van der Waals surface area (Å²) >= 11 is 0. The minimum atomic E-state index is -0.0544. The van der Waals surface area contributed by atoms with Crippen LogP contribution in [0.3, 0.4) is 0 Å².